The van der Waals surface area contributed by atoms with Gasteiger partial charge >= 0.3 is 0 Å². The maximum atomic E-state index is 12.9. The number of rotatable bonds is 1. The molecule has 0 fully saturated rings. The largest absolute Gasteiger partial charge is 0.507 e. The van der Waals surface area contributed by atoms with Gasteiger partial charge in [-0.15, -0.1) is 12.4 Å². The monoisotopic (exact) mass is 209 g/mol. The van der Waals surface area contributed by atoms with Crippen LogP contribution in [0, 0.1) is 11.6 Å². The first-order valence-electron chi connectivity index (χ1n) is 3.46. The van der Waals surface area contributed by atoms with Gasteiger partial charge in [0.2, 0.25) is 0 Å². The molecule has 1 atom stereocenters. The van der Waals surface area contributed by atoms with Crippen molar-refractivity contribution < 1.29 is 13.9 Å². The summed E-state index contributed by atoms with van der Waals surface area (Å²) in [5, 5.41) is 9.08. The smallest absolute Gasteiger partial charge is 0.134 e. The number of hydrogen-bond donors (Lipinski definition) is 2. The van der Waals surface area contributed by atoms with Gasteiger partial charge in [0.05, 0.1) is 0 Å². The van der Waals surface area contributed by atoms with Gasteiger partial charge in [0.15, 0.2) is 0 Å². The lowest BCUT2D eigenvalue weighted by Gasteiger charge is -2.08. The van der Waals surface area contributed by atoms with Crippen molar-refractivity contribution in [2.75, 3.05) is 0 Å². The molecule has 2 nitrogen and oxygen atoms in total. The number of benzene rings is 1. The fourth-order valence-corrected chi connectivity index (χ4v) is 1.02. The molecule has 5 heteroatoms. The Labute approximate surface area is 80.8 Å². The molecule has 0 spiro atoms. The van der Waals surface area contributed by atoms with Crippen LogP contribution < -0.4 is 5.73 Å². The van der Waals surface area contributed by atoms with Crippen LogP contribution in [-0.4, -0.2) is 5.11 Å². The first-order chi connectivity index (χ1) is 5.52. The number of halogens is 3. The van der Waals surface area contributed by atoms with Crippen LogP contribution in [0.25, 0.3) is 0 Å². The Morgan fingerprint density at radius 1 is 1.38 bits per heavy atom. The molecular formula is C8H10ClF2NO. The summed E-state index contributed by atoms with van der Waals surface area (Å²) in [4.78, 5) is 0. The van der Waals surface area contributed by atoms with Crippen LogP contribution in [0.15, 0.2) is 12.1 Å². The zero-order chi connectivity index (χ0) is 9.30. The van der Waals surface area contributed by atoms with Gasteiger partial charge < -0.3 is 10.8 Å². The molecule has 13 heavy (non-hydrogen) atoms. The minimum Gasteiger partial charge on any atom is -0.507 e. The minimum absolute atomic E-state index is 0. The van der Waals surface area contributed by atoms with Crippen LogP contribution in [0.2, 0.25) is 0 Å². The average Bonchev–Trinajstić information content (AvgIpc) is 1.82. The quantitative estimate of drug-likeness (QED) is 0.744. The van der Waals surface area contributed by atoms with Gasteiger partial charge in [-0.05, 0) is 6.92 Å². The summed E-state index contributed by atoms with van der Waals surface area (Å²) in [6.07, 6.45) is 0. The summed E-state index contributed by atoms with van der Waals surface area (Å²) in [5.41, 5.74) is 5.28. The van der Waals surface area contributed by atoms with E-state index < -0.39 is 23.4 Å². The molecule has 0 aliphatic rings. The van der Waals surface area contributed by atoms with Crippen LogP contribution in [0.5, 0.6) is 5.75 Å². The standard InChI is InChI=1S/C8H9F2NO.ClH/c1-4(11)8-6(10)2-5(9)3-7(8)12;/h2-4,12H,11H2,1H3;1H/t4-;/m1./s1. The molecule has 1 aromatic rings. The zero-order valence-electron chi connectivity index (χ0n) is 6.92. The van der Waals surface area contributed by atoms with E-state index in [-0.39, 0.29) is 18.0 Å². The Hall–Kier alpha value is -0.870. The van der Waals surface area contributed by atoms with Crippen LogP contribution in [-0.2, 0) is 0 Å². The van der Waals surface area contributed by atoms with Crippen molar-refractivity contribution in [3.8, 4) is 5.75 Å². The molecule has 3 N–H and O–H groups in total. The van der Waals surface area contributed by atoms with Crippen molar-refractivity contribution in [2.45, 2.75) is 13.0 Å². The third-order valence-electron chi connectivity index (χ3n) is 1.53. The molecule has 74 valence electrons. The minimum atomic E-state index is -0.817. The molecule has 0 saturated heterocycles. The zero-order valence-corrected chi connectivity index (χ0v) is 7.74. The van der Waals surface area contributed by atoms with Crippen molar-refractivity contribution in [2.24, 2.45) is 5.73 Å². The van der Waals surface area contributed by atoms with Crippen molar-refractivity contribution in [3.63, 3.8) is 0 Å². The fourth-order valence-electron chi connectivity index (χ4n) is 1.02. The average molecular weight is 210 g/mol. The maximum Gasteiger partial charge on any atom is 0.134 e. The first-order valence-corrected chi connectivity index (χ1v) is 3.46. The van der Waals surface area contributed by atoms with E-state index in [0.29, 0.717) is 6.07 Å². The lowest BCUT2D eigenvalue weighted by Crippen LogP contribution is -2.08. The summed E-state index contributed by atoms with van der Waals surface area (Å²) < 4.78 is 25.3. The predicted octanol–water partition coefficient (Wildman–Crippen LogP) is 2.11. The van der Waals surface area contributed by atoms with Crippen LogP contribution in [0.4, 0.5) is 8.78 Å². The van der Waals surface area contributed by atoms with E-state index in [9.17, 15) is 8.78 Å². The highest BCUT2D eigenvalue weighted by Gasteiger charge is 2.13. The molecule has 0 amide bonds. The van der Waals surface area contributed by atoms with Crippen molar-refractivity contribution in [3.05, 3.63) is 29.3 Å². The molecule has 1 rings (SSSR count). The van der Waals surface area contributed by atoms with E-state index in [1.165, 1.54) is 6.92 Å². The normalized spacial score (nSPS) is 12.0. The highest BCUT2D eigenvalue weighted by atomic mass is 35.5. The van der Waals surface area contributed by atoms with E-state index in [1.54, 1.807) is 0 Å². The Balaban J connectivity index is 0.00000144. The second-order valence-corrected chi connectivity index (χ2v) is 2.61. The number of phenolic OH excluding ortho intramolecular Hbond substituents is 1. The second kappa shape index (κ2) is 4.39. The molecule has 0 unspecified atom stereocenters. The van der Waals surface area contributed by atoms with Crippen molar-refractivity contribution >= 4 is 12.4 Å². The SMILES string of the molecule is C[C@@H](N)c1c(O)cc(F)cc1F.Cl. The van der Waals surface area contributed by atoms with Gasteiger partial charge in [0.25, 0.3) is 0 Å². The number of hydrogen-bond acceptors (Lipinski definition) is 2. The third-order valence-corrected chi connectivity index (χ3v) is 1.53. The van der Waals surface area contributed by atoms with Gasteiger partial charge in [-0.2, -0.15) is 0 Å². The molecule has 1 aromatic carbocycles. The van der Waals surface area contributed by atoms with Crippen molar-refractivity contribution in [1.82, 2.24) is 0 Å². The summed E-state index contributed by atoms with van der Waals surface area (Å²) >= 11 is 0. The lowest BCUT2D eigenvalue weighted by atomic mass is 10.1. The van der Waals surface area contributed by atoms with E-state index in [0.717, 1.165) is 6.07 Å². The summed E-state index contributed by atoms with van der Waals surface area (Å²) in [6.45, 7) is 1.51. The number of phenols is 1. The molecule has 0 bridgehead atoms. The number of nitrogens with two attached hydrogens (primary N) is 1. The van der Waals surface area contributed by atoms with E-state index in [2.05, 4.69) is 0 Å². The molecule has 0 saturated carbocycles. The Kier molecular flexibility index (Phi) is 4.10. The topological polar surface area (TPSA) is 46.2 Å². The van der Waals surface area contributed by atoms with Gasteiger partial charge in [0, 0.05) is 23.7 Å². The maximum absolute atomic E-state index is 12.9. The Morgan fingerprint density at radius 2 is 1.92 bits per heavy atom. The molecular weight excluding hydrogens is 200 g/mol. The van der Waals surface area contributed by atoms with E-state index in [4.69, 9.17) is 10.8 Å². The van der Waals surface area contributed by atoms with Gasteiger partial charge in [-0.1, -0.05) is 0 Å². The van der Waals surface area contributed by atoms with E-state index in [1.807, 2.05) is 0 Å². The fraction of sp³-hybridized carbons (Fsp3) is 0.250. The first kappa shape index (κ1) is 12.1. The van der Waals surface area contributed by atoms with Gasteiger partial charge in [0.1, 0.15) is 17.4 Å². The molecule has 0 aliphatic heterocycles. The third kappa shape index (κ3) is 2.54. The summed E-state index contributed by atoms with van der Waals surface area (Å²) in [6, 6.07) is 0.880. The van der Waals surface area contributed by atoms with Gasteiger partial charge in [-0.25, -0.2) is 8.78 Å². The van der Waals surface area contributed by atoms with Crippen molar-refractivity contribution in [1.29, 1.82) is 0 Å². The Morgan fingerprint density at radius 3 is 2.31 bits per heavy atom. The van der Waals surface area contributed by atoms with E-state index >= 15 is 0 Å². The molecule has 0 aromatic heterocycles. The van der Waals surface area contributed by atoms with Gasteiger partial charge in [-0.3, -0.25) is 0 Å². The van der Waals surface area contributed by atoms with Crippen LogP contribution in [0.1, 0.15) is 18.5 Å². The lowest BCUT2D eigenvalue weighted by molar-refractivity contribution is 0.443. The second-order valence-electron chi connectivity index (χ2n) is 2.61. The van der Waals surface area contributed by atoms with Crippen LogP contribution >= 0.6 is 12.4 Å². The highest BCUT2D eigenvalue weighted by Crippen LogP contribution is 2.26. The Bertz CT molecular complexity index is 281. The van der Waals surface area contributed by atoms with Crippen LogP contribution in [0.3, 0.4) is 0 Å². The molecule has 0 heterocycles. The summed E-state index contributed by atoms with van der Waals surface area (Å²) in [7, 11) is 0. The molecule has 0 radical (unpaired) electrons. The molecule has 0 aliphatic carbocycles. The number of aromatic hydroxyl groups is 1. The highest BCUT2D eigenvalue weighted by molar-refractivity contribution is 5.85. The summed E-state index contributed by atoms with van der Waals surface area (Å²) in [5.74, 6) is -2.07. The predicted molar refractivity (Wildman–Crippen MR) is 47.9 cm³/mol.